The number of hydrogen-bond donors (Lipinski definition) is 1. The van der Waals surface area contributed by atoms with E-state index in [2.05, 4.69) is 27.2 Å². The standard InChI is InChI=1S/C28H26F3N7O/c1-2-12-37-16-19(15-32-37)22-7-4-8-25(33-22)35-27(39)38-21-11-13-36(17-21)24-10-9-23(34-26(24)38)18-5-3-6-20(14-18)28(29,30)31/h3-10,14-16,21H,2,11-13,17H2,1H3,(H,33,35,39)/t21-/m0/s1. The zero-order valence-electron chi connectivity index (χ0n) is 21.2. The molecule has 2 aliphatic heterocycles. The molecule has 1 fully saturated rings. The van der Waals surface area contributed by atoms with Gasteiger partial charge in [-0.1, -0.05) is 25.1 Å². The van der Waals surface area contributed by atoms with Crippen LogP contribution in [-0.2, 0) is 12.7 Å². The van der Waals surface area contributed by atoms with Gasteiger partial charge in [0.05, 0.1) is 34.9 Å². The van der Waals surface area contributed by atoms with Gasteiger partial charge in [-0.15, -0.1) is 0 Å². The number of urea groups is 1. The maximum Gasteiger partial charge on any atom is 0.416 e. The van der Waals surface area contributed by atoms with E-state index in [0.29, 0.717) is 35.1 Å². The van der Waals surface area contributed by atoms with Crippen LogP contribution in [0.4, 0.5) is 35.3 Å². The fourth-order valence-electron chi connectivity index (χ4n) is 5.17. The number of aryl methyl sites for hydroxylation is 1. The molecule has 0 unspecified atom stereocenters. The van der Waals surface area contributed by atoms with Crippen molar-refractivity contribution in [3.63, 3.8) is 0 Å². The summed E-state index contributed by atoms with van der Waals surface area (Å²) in [4.78, 5) is 26.7. The summed E-state index contributed by atoms with van der Waals surface area (Å²) < 4.78 is 41.8. The maximum atomic E-state index is 13.6. The smallest absolute Gasteiger partial charge is 0.366 e. The SMILES string of the molecule is CCCn1cc(-c2cccc(NC(=O)N3c4nc(-c5cccc(C(F)(F)F)c5)ccc4N4CC[C@H]3C4)n2)cn1. The number of nitrogens with one attached hydrogen (secondary N) is 1. The molecule has 200 valence electrons. The molecule has 0 saturated carbocycles. The zero-order valence-corrected chi connectivity index (χ0v) is 21.2. The van der Waals surface area contributed by atoms with E-state index < -0.39 is 11.7 Å². The number of aromatic nitrogens is 4. The first-order valence-corrected chi connectivity index (χ1v) is 12.8. The fourth-order valence-corrected chi connectivity index (χ4v) is 5.17. The van der Waals surface area contributed by atoms with Gasteiger partial charge in [-0.25, -0.2) is 14.8 Å². The van der Waals surface area contributed by atoms with E-state index in [4.69, 9.17) is 4.98 Å². The first-order valence-electron chi connectivity index (χ1n) is 12.8. The molecule has 5 heterocycles. The first-order chi connectivity index (χ1) is 18.8. The molecule has 1 saturated heterocycles. The van der Waals surface area contributed by atoms with Gasteiger partial charge in [0.15, 0.2) is 5.82 Å². The Labute approximate surface area is 223 Å². The summed E-state index contributed by atoms with van der Waals surface area (Å²) in [5.74, 6) is 0.810. The number of benzene rings is 1. The minimum atomic E-state index is -4.46. The number of amides is 2. The lowest BCUT2D eigenvalue weighted by molar-refractivity contribution is -0.137. The highest BCUT2D eigenvalue weighted by atomic mass is 19.4. The van der Waals surface area contributed by atoms with Gasteiger partial charge in [0.1, 0.15) is 5.82 Å². The molecule has 8 nitrogen and oxygen atoms in total. The molecule has 1 N–H and O–H groups in total. The van der Waals surface area contributed by atoms with E-state index in [0.717, 1.165) is 49.3 Å². The molecule has 6 rings (SSSR count). The number of carbonyl (C=O) groups is 1. The Morgan fingerprint density at radius 1 is 1.05 bits per heavy atom. The molecule has 11 heteroatoms. The number of hydrogen-bond acceptors (Lipinski definition) is 5. The van der Waals surface area contributed by atoms with Crippen LogP contribution >= 0.6 is 0 Å². The van der Waals surface area contributed by atoms with Crippen molar-refractivity contribution in [2.75, 3.05) is 28.2 Å². The summed E-state index contributed by atoms with van der Waals surface area (Å²) in [5, 5.41) is 7.26. The summed E-state index contributed by atoms with van der Waals surface area (Å²) in [6.07, 6.45) is 0.926. The van der Waals surface area contributed by atoms with Crippen molar-refractivity contribution in [3.8, 4) is 22.5 Å². The van der Waals surface area contributed by atoms with Crippen LogP contribution in [0.25, 0.3) is 22.5 Å². The van der Waals surface area contributed by atoms with Crippen molar-refractivity contribution in [2.24, 2.45) is 0 Å². The second-order valence-corrected chi connectivity index (χ2v) is 9.71. The van der Waals surface area contributed by atoms with Gasteiger partial charge < -0.3 is 4.90 Å². The van der Waals surface area contributed by atoms with Crippen LogP contribution in [0.5, 0.6) is 0 Å². The first kappa shape index (κ1) is 24.9. The van der Waals surface area contributed by atoms with Crippen LogP contribution < -0.4 is 15.1 Å². The van der Waals surface area contributed by atoms with E-state index in [1.54, 1.807) is 29.3 Å². The second-order valence-electron chi connectivity index (χ2n) is 9.71. The Kier molecular flexibility index (Phi) is 6.20. The Balaban J connectivity index is 1.30. The average Bonchev–Trinajstić information content (AvgIpc) is 3.57. The lowest BCUT2D eigenvalue weighted by Crippen LogP contribution is -2.48. The van der Waals surface area contributed by atoms with Crippen LogP contribution in [0.3, 0.4) is 0 Å². The summed E-state index contributed by atoms with van der Waals surface area (Å²) in [7, 11) is 0. The maximum absolute atomic E-state index is 13.6. The molecule has 0 spiro atoms. The molecule has 1 atom stereocenters. The minimum Gasteiger partial charge on any atom is -0.366 e. The summed E-state index contributed by atoms with van der Waals surface area (Å²) in [6.45, 7) is 4.31. The third-order valence-corrected chi connectivity index (χ3v) is 7.02. The van der Waals surface area contributed by atoms with E-state index >= 15 is 0 Å². The summed E-state index contributed by atoms with van der Waals surface area (Å²) >= 11 is 0. The topological polar surface area (TPSA) is 79.2 Å². The molecule has 39 heavy (non-hydrogen) atoms. The van der Waals surface area contributed by atoms with E-state index in [1.807, 2.05) is 29.1 Å². The quantitative estimate of drug-likeness (QED) is 0.337. The van der Waals surface area contributed by atoms with Crippen molar-refractivity contribution < 1.29 is 18.0 Å². The zero-order chi connectivity index (χ0) is 27.1. The summed E-state index contributed by atoms with van der Waals surface area (Å²) in [6, 6.07) is 13.5. The van der Waals surface area contributed by atoms with Crippen molar-refractivity contribution in [3.05, 3.63) is 72.6 Å². The third kappa shape index (κ3) is 4.80. The number of carbonyl (C=O) groups excluding carboxylic acids is 1. The molecule has 3 aromatic heterocycles. The predicted molar refractivity (Wildman–Crippen MR) is 143 cm³/mol. The minimum absolute atomic E-state index is 0.114. The van der Waals surface area contributed by atoms with Gasteiger partial charge in [-0.3, -0.25) is 14.9 Å². The number of alkyl halides is 3. The van der Waals surface area contributed by atoms with Crippen molar-refractivity contribution in [1.82, 2.24) is 19.7 Å². The molecule has 2 bridgehead atoms. The van der Waals surface area contributed by atoms with Gasteiger partial charge in [0.2, 0.25) is 0 Å². The monoisotopic (exact) mass is 533 g/mol. The van der Waals surface area contributed by atoms with E-state index in [9.17, 15) is 18.0 Å². The third-order valence-electron chi connectivity index (χ3n) is 7.02. The lowest BCUT2D eigenvalue weighted by atomic mass is 10.1. The van der Waals surface area contributed by atoms with Gasteiger partial charge >= 0.3 is 12.2 Å². The molecular formula is C28H26F3N7O. The number of fused-ring (bicyclic) bond motifs is 4. The highest BCUT2D eigenvalue weighted by Crippen LogP contribution is 2.41. The van der Waals surface area contributed by atoms with Gasteiger partial charge in [-0.05, 0) is 49.2 Å². The van der Waals surface area contributed by atoms with Crippen LogP contribution in [0.15, 0.2) is 67.0 Å². The fraction of sp³-hybridized carbons (Fsp3) is 0.286. The molecule has 0 aliphatic carbocycles. The van der Waals surface area contributed by atoms with Gasteiger partial charge in [-0.2, -0.15) is 18.3 Å². The van der Waals surface area contributed by atoms with Crippen LogP contribution in [-0.4, -0.2) is 44.9 Å². The van der Waals surface area contributed by atoms with E-state index in [-0.39, 0.29) is 12.1 Å². The molecule has 2 aliphatic rings. The normalized spacial score (nSPS) is 16.4. The van der Waals surface area contributed by atoms with Gasteiger partial charge in [0, 0.05) is 37.0 Å². The number of halogens is 3. The number of anilines is 3. The van der Waals surface area contributed by atoms with Crippen LogP contribution in [0.2, 0.25) is 0 Å². The molecule has 2 amide bonds. The molecule has 0 radical (unpaired) electrons. The molecule has 1 aromatic carbocycles. The lowest BCUT2D eigenvalue weighted by Gasteiger charge is -2.35. The van der Waals surface area contributed by atoms with Gasteiger partial charge in [0.25, 0.3) is 0 Å². The van der Waals surface area contributed by atoms with Crippen LogP contribution in [0.1, 0.15) is 25.3 Å². The van der Waals surface area contributed by atoms with Crippen molar-refractivity contribution >= 4 is 23.4 Å². The second kappa shape index (κ2) is 9.72. The van der Waals surface area contributed by atoms with E-state index in [1.165, 1.54) is 6.07 Å². The Hall–Kier alpha value is -4.41. The number of rotatable bonds is 5. The Morgan fingerprint density at radius 3 is 2.69 bits per heavy atom. The highest BCUT2D eigenvalue weighted by Gasteiger charge is 2.40. The predicted octanol–water partition coefficient (Wildman–Crippen LogP) is 6.07. The Morgan fingerprint density at radius 2 is 1.87 bits per heavy atom. The highest BCUT2D eigenvalue weighted by molar-refractivity contribution is 6.04. The number of nitrogens with zero attached hydrogens (tertiary/aromatic N) is 6. The summed E-state index contributed by atoms with van der Waals surface area (Å²) in [5.41, 5.74) is 2.26. The molecular weight excluding hydrogens is 507 g/mol. The van der Waals surface area contributed by atoms with Crippen LogP contribution in [0, 0.1) is 0 Å². The molecule has 4 aromatic rings. The largest absolute Gasteiger partial charge is 0.416 e. The average molecular weight is 534 g/mol. The number of pyridine rings is 2. The Bertz CT molecular complexity index is 1530. The van der Waals surface area contributed by atoms with Crippen molar-refractivity contribution in [1.29, 1.82) is 0 Å². The van der Waals surface area contributed by atoms with Crippen molar-refractivity contribution in [2.45, 2.75) is 38.5 Å².